The van der Waals surface area contributed by atoms with Gasteiger partial charge in [0, 0.05) is 12.6 Å². The average Bonchev–Trinajstić information content (AvgIpc) is 2.54. The molecule has 0 aromatic heterocycles. The SMILES string of the molecule is O=S1(=O)CCCC(NCc2ccc(OC3CCCCC3)cc2)C1. The molecule has 1 aliphatic heterocycles. The standard InChI is InChI=1S/C18H27NO3S/c20-23(21)12-4-5-16(14-23)19-13-15-8-10-18(11-9-15)22-17-6-2-1-3-7-17/h8-11,16-17,19H,1-7,12-14H2. The van der Waals surface area contributed by atoms with E-state index in [1.807, 2.05) is 12.1 Å². The second kappa shape index (κ2) is 7.67. The number of sulfone groups is 1. The van der Waals surface area contributed by atoms with Crippen molar-refractivity contribution in [2.45, 2.75) is 63.6 Å². The summed E-state index contributed by atoms with van der Waals surface area (Å²) in [4.78, 5) is 0. The molecule has 23 heavy (non-hydrogen) atoms. The molecule has 1 unspecified atom stereocenters. The molecule has 0 bridgehead atoms. The molecule has 1 atom stereocenters. The van der Waals surface area contributed by atoms with Crippen LogP contribution in [0.5, 0.6) is 5.75 Å². The van der Waals surface area contributed by atoms with Gasteiger partial charge in [0.1, 0.15) is 5.75 Å². The molecule has 128 valence electrons. The lowest BCUT2D eigenvalue weighted by Gasteiger charge is -2.24. The Balaban J connectivity index is 1.47. The summed E-state index contributed by atoms with van der Waals surface area (Å²) in [5, 5.41) is 3.37. The Morgan fingerprint density at radius 3 is 2.43 bits per heavy atom. The average molecular weight is 337 g/mol. The summed E-state index contributed by atoms with van der Waals surface area (Å²) < 4.78 is 29.3. The van der Waals surface area contributed by atoms with E-state index in [0.717, 1.165) is 18.6 Å². The first-order valence-corrected chi connectivity index (χ1v) is 10.6. The van der Waals surface area contributed by atoms with Gasteiger partial charge in [-0.05, 0) is 56.2 Å². The number of nitrogens with one attached hydrogen (secondary N) is 1. The lowest BCUT2D eigenvalue weighted by Crippen LogP contribution is -2.39. The van der Waals surface area contributed by atoms with Crippen molar-refractivity contribution in [2.75, 3.05) is 11.5 Å². The van der Waals surface area contributed by atoms with Gasteiger partial charge in [-0.25, -0.2) is 8.42 Å². The van der Waals surface area contributed by atoms with E-state index >= 15 is 0 Å². The highest BCUT2D eigenvalue weighted by atomic mass is 32.2. The molecule has 1 saturated heterocycles. The maximum absolute atomic E-state index is 11.6. The smallest absolute Gasteiger partial charge is 0.151 e. The summed E-state index contributed by atoms with van der Waals surface area (Å²) in [5.41, 5.74) is 1.17. The molecular formula is C18H27NO3S. The minimum atomic E-state index is -2.84. The zero-order valence-corrected chi connectivity index (χ0v) is 14.5. The first-order chi connectivity index (χ1) is 11.1. The lowest BCUT2D eigenvalue weighted by molar-refractivity contribution is 0.155. The molecule has 1 aliphatic carbocycles. The molecule has 1 aromatic rings. The first kappa shape index (κ1) is 16.8. The maximum Gasteiger partial charge on any atom is 0.151 e. The third-order valence-electron chi connectivity index (χ3n) is 4.84. The van der Waals surface area contributed by atoms with E-state index < -0.39 is 9.84 Å². The van der Waals surface area contributed by atoms with Gasteiger partial charge in [0.05, 0.1) is 17.6 Å². The molecule has 0 radical (unpaired) electrons. The second-order valence-corrected chi connectivity index (χ2v) is 9.08. The summed E-state index contributed by atoms with van der Waals surface area (Å²) in [7, 11) is -2.84. The van der Waals surface area contributed by atoms with E-state index in [-0.39, 0.29) is 11.8 Å². The van der Waals surface area contributed by atoms with Crippen molar-refractivity contribution in [3.8, 4) is 5.75 Å². The minimum Gasteiger partial charge on any atom is -0.490 e. The summed E-state index contributed by atoms with van der Waals surface area (Å²) in [6.45, 7) is 0.712. The molecule has 1 N–H and O–H groups in total. The molecule has 4 nitrogen and oxygen atoms in total. The van der Waals surface area contributed by atoms with Gasteiger partial charge in [-0.1, -0.05) is 18.6 Å². The summed E-state index contributed by atoms with van der Waals surface area (Å²) in [6, 6.07) is 8.30. The summed E-state index contributed by atoms with van der Waals surface area (Å²) in [5.74, 6) is 1.56. The second-order valence-electron chi connectivity index (χ2n) is 6.86. The van der Waals surface area contributed by atoms with E-state index in [4.69, 9.17) is 4.74 Å². The van der Waals surface area contributed by atoms with Gasteiger partial charge in [0.25, 0.3) is 0 Å². The zero-order valence-electron chi connectivity index (χ0n) is 13.7. The van der Waals surface area contributed by atoms with Crippen LogP contribution in [-0.4, -0.2) is 32.1 Å². The van der Waals surface area contributed by atoms with Crippen molar-refractivity contribution in [1.82, 2.24) is 5.32 Å². The molecule has 1 heterocycles. The van der Waals surface area contributed by atoms with E-state index in [9.17, 15) is 8.42 Å². The molecule has 0 spiro atoms. The fourth-order valence-corrected chi connectivity index (χ4v) is 5.18. The van der Waals surface area contributed by atoms with Crippen molar-refractivity contribution >= 4 is 9.84 Å². The van der Waals surface area contributed by atoms with Gasteiger partial charge in [-0.2, -0.15) is 0 Å². The van der Waals surface area contributed by atoms with Crippen molar-refractivity contribution in [3.63, 3.8) is 0 Å². The molecule has 3 rings (SSSR count). The predicted octanol–water partition coefficient (Wildman–Crippen LogP) is 3.06. The van der Waals surface area contributed by atoms with Crippen LogP contribution in [0.25, 0.3) is 0 Å². The van der Waals surface area contributed by atoms with E-state index in [1.165, 1.54) is 37.7 Å². The largest absolute Gasteiger partial charge is 0.490 e. The van der Waals surface area contributed by atoms with E-state index in [2.05, 4.69) is 17.4 Å². The highest BCUT2D eigenvalue weighted by Crippen LogP contribution is 2.23. The Labute approximate surface area is 139 Å². The Morgan fingerprint density at radius 2 is 1.74 bits per heavy atom. The number of hydrogen-bond acceptors (Lipinski definition) is 4. The first-order valence-electron chi connectivity index (χ1n) is 8.80. The fourth-order valence-electron chi connectivity index (χ4n) is 3.51. The number of rotatable bonds is 5. The van der Waals surface area contributed by atoms with Crippen LogP contribution in [0.2, 0.25) is 0 Å². The minimum absolute atomic E-state index is 0.0897. The molecule has 1 aromatic carbocycles. The predicted molar refractivity (Wildman–Crippen MR) is 92.5 cm³/mol. The van der Waals surface area contributed by atoms with Gasteiger partial charge in [0.15, 0.2) is 9.84 Å². The summed E-state index contributed by atoms with van der Waals surface area (Å²) >= 11 is 0. The molecule has 1 saturated carbocycles. The fraction of sp³-hybridized carbons (Fsp3) is 0.667. The zero-order chi connectivity index (χ0) is 16.1. The monoisotopic (exact) mass is 337 g/mol. The Bertz CT molecular complexity index is 591. The van der Waals surface area contributed by atoms with Crippen molar-refractivity contribution in [3.05, 3.63) is 29.8 Å². The number of hydrogen-bond donors (Lipinski definition) is 1. The molecule has 0 amide bonds. The van der Waals surface area contributed by atoms with Crippen molar-refractivity contribution in [1.29, 1.82) is 0 Å². The topological polar surface area (TPSA) is 55.4 Å². The van der Waals surface area contributed by atoms with E-state index in [1.54, 1.807) is 0 Å². The highest BCUT2D eigenvalue weighted by molar-refractivity contribution is 7.91. The molecule has 2 fully saturated rings. The lowest BCUT2D eigenvalue weighted by atomic mass is 9.98. The van der Waals surface area contributed by atoms with Crippen LogP contribution >= 0.6 is 0 Å². The van der Waals surface area contributed by atoms with E-state index in [0.29, 0.717) is 18.4 Å². The third-order valence-corrected chi connectivity index (χ3v) is 6.66. The van der Waals surface area contributed by atoms with Crippen LogP contribution in [0.1, 0.15) is 50.5 Å². The van der Waals surface area contributed by atoms with Gasteiger partial charge in [0.2, 0.25) is 0 Å². The quantitative estimate of drug-likeness (QED) is 0.897. The number of ether oxygens (including phenoxy) is 1. The van der Waals surface area contributed by atoms with Gasteiger partial charge in [-0.15, -0.1) is 0 Å². The van der Waals surface area contributed by atoms with Crippen LogP contribution in [0.4, 0.5) is 0 Å². The van der Waals surface area contributed by atoms with Gasteiger partial charge < -0.3 is 10.1 Å². The Morgan fingerprint density at radius 1 is 1.00 bits per heavy atom. The van der Waals surface area contributed by atoms with Crippen LogP contribution in [0.15, 0.2) is 24.3 Å². The third kappa shape index (κ3) is 5.21. The molecular weight excluding hydrogens is 310 g/mol. The molecule has 5 heteroatoms. The van der Waals surface area contributed by atoms with Crippen LogP contribution in [-0.2, 0) is 16.4 Å². The molecule has 2 aliphatic rings. The van der Waals surface area contributed by atoms with Crippen molar-refractivity contribution < 1.29 is 13.2 Å². The highest BCUT2D eigenvalue weighted by Gasteiger charge is 2.24. The summed E-state index contributed by atoms with van der Waals surface area (Å²) in [6.07, 6.45) is 8.31. The number of benzene rings is 1. The van der Waals surface area contributed by atoms with Crippen LogP contribution < -0.4 is 10.1 Å². The maximum atomic E-state index is 11.6. The van der Waals surface area contributed by atoms with Gasteiger partial charge in [-0.3, -0.25) is 0 Å². The normalized spacial score (nSPS) is 25.1. The van der Waals surface area contributed by atoms with Crippen LogP contribution in [0, 0.1) is 0 Å². The Kier molecular flexibility index (Phi) is 5.59. The van der Waals surface area contributed by atoms with Gasteiger partial charge >= 0.3 is 0 Å². The van der Waals surface area contributed by atoms with Crippen molar-refractivity contribution in [2.24, 2.45) is 0 Å². The van der Waals surface area contributed by atoms with Crippen LogP contribution in [0.3, 0.4) is 0 Å². The Hall–Kier alpha value is -1.07.